The molecule has 112 valence electrons. The van der Waals surface area contributed by atoms with Crippen molar-refractivity contribution in [2.75, 3.05) is 25.9 Å². The quantitative estimate of drug-likeness (QED) is 0.581. The minimum Gasteiger partial charge on any atom is -0.480 e. The van der Waals surface area contributed by atoms with E-state index in [1.54, 1.807) is 6.92 Å². The molecule has 0 heterocycles. The first-order valence-electron chi connectivity index (χ1n) is 5.78. The molecule has 8 nitrogen and oxygen atoms in total. The van der Waals surface area contributed by atoms with Gasteiger partial charge in [0.1, 0.15) is 5.54 Å². The Balaban J connectivity index is 4.60. The Morgan fingerprint density at radius 2 is 1.84 bits per heavy atom. The van der Waals surface area contributed by atoms with Crippen molar-refractivity contribution in [3.63, 3.8) is 0 Å². The lowest BCUT2D eigenvalue weighted by Gasteiger charge is -2.34. The molecule has 2 amide bonds. The van der Waals surface area contributed by atoms with Gasteiger partial charge in [-0.3, -0.25) is 0 Å². The third-order valence-electron chi connectivity index (χ3n) is 2.72. The first-order chi connectivity index (χ1) is 8.58. The van der Waals surface area contributed by atoms with E-state index in [2.05, 4.69) is 10.0 Å². The van der Waals surface area contributed by atoms with Gasteiger partial charge in [-0.2, -0.15) is 0 Å². The van der Waals surface area contributed by atoms with Crippen LogP contribution in [0.2, 0.25) is 0 Å². The molecule has 0 aromatic carbocycles. The Bertz CT molecular complexity index is 432. The molecule has 0 aliphatic carbocycles. The van der Waals surface area contributed by atoms with E-state index >= 15 is 0 Å². The Kier molecular flexibility index (Phi) is 6.23. The molecule has 0 spiro atoms. The van der Waals surface area contributed by atoms with Crippen molar-refractivity contribution in [3.8, 4) is 0 Å². The van der Waals surface area contributed by atoms with Crippen molar-refractivity contribution in [1.82, 2.24) is 14.9 Å². The fourth-order valence-corrected chi connectivity index (χ4v) is 1.97. The number of carbonyl (C=O) groups excluding carboxylic acids is 1. The molecule has 0 atom stereocenters. The molecule has 0 aromatic rings. The zero-order chi connectivity index (χ0) is 15.3. The minimum atomic E-state index is -3.40. The smallest absolute Gasteiger partial charge is 0.329 e. The van der Waals surface area contributed by atoms with Gasteiger partial charge in [-0.25, -0.2) is 22.7 Å². The molecule has 0 aromatic heterocycles. The second-order valence-corrected chi connectivity index (χ2v) is 6.41. The van der Waals surface area contributed by atoms with Gasteiger partial charge in [-0.05, 0) is 27.8 Å². The third kappa shape index (κ3) is 5.03. The van der Waals surface area contributed by atoms with Gasteiger partial charge >= 0.3 is 12.0 Å². The third-order valence-corrected chi connectivity index (χ3v) is 4.08. The van der Waals surface area contributed by atoms with E-state index in [-0.39, 0.29) is 18.8 Å². The second kappa shape index (κ2) is 6.71. The van der Waals surface area contributed by atoms with E-state index in [1.165, 1.54) is 20.9 Å². The summed E-state index contributed by atoms with van der Waals surface area (Å²) in [5.41, 5.74) is -1.36. The van der Waals surface area contributed by atoms with Crippen LogP contribution in [0.1, 0.15) is 20.8 Å². The highest BCUT2D eigenvalue weighted by atomic mass is 32.2. The molecule has 3 N–H and O–H groups in total. The molecule has 0 saturated heterocycles. The summed E-state index contributed by atoms with van der Waals surface area (Å²) in [6, 6.07) is -0.610. The molecular weight excluding hydrogens is 274 g/mol. The standard InChI is InChI=1S/C10H21N3O5S/c1-5-13(10(2,3)8(14)15)9(16)12-6-7-19(17,18)11-4/h11H,5-7H2,1-4H3,(H,12,16)(H,14,15). The van der Waals surface area contributed by atoms with Crippen molar-refractivity contribution in [3.05, 3.63) is 0 Å². The summed E-state index contributed by atoms with van der Waals surface area (Å²) >= 11 is 0. The van der Waals surface area contributed by atoms with Crippen LogP contribution in [0.3, 0.4) is 0 Å². The van der Waals surface area contributed by atoms with Crippen LogP contribution >= 0.6 is 0 Å². The van der Waals surface area contributed by atoms with Gasteiger partial charge in [-0.1, -0.05) is 0 Å². The summed E-state index contributed by atoms with van der Waals surface area (Å²) in [7, 11) is -2.12. The average Bonchev–Trinajstić information content (AvgIpc) is 2.29. The first kappa shape index (κ1) is 17.6. The Morgan fingerprint density at radius 1 is 1.32 bits per heavy atom. The maximum atomic E-state index is 11.8. The number of rotatable bonds is 7. The largest absolute Gasteiger partial charge is 0.480 e. The molecule has 0 radical (unpaired) electrons. The molecular formula is C10H21N3O5S. The summed E-state index contributed by atoms with van der Waals surface area (Å²) in [6.07, 6.45) is 0. The number of aliphatic carboxylic acids is 1. The molecule has 0 fully saturated rings. The van der Waals surface area contributed by atoms with Crippen LogP contribution < -0.4 is 10.0 Å². The predicted molar refractivity (Wildman–Crippen MR) is 70.3 cm³/mol. The molecule has 0 saturated carbocycles. The number of hydrogen-bond donors (Lipinski definition) is 3. The summed E-state index contributed by atoms with van der Waals surface area (Å²) < 4.78 is 24.4. The molecule has 0 unspecified atom stereocenters. The van der Waals surface area contributed by atoms with E-state index in [9.17, 15) is 18.0 Å². The van der Waals surface area contributed by atoms with E-state index in [0.29, 0.717) is 0 Å². The van der Waals surface area contributed by atoms with E-state index in [1.807, 2.05) is 0 Å². The maximum Gasteiger partial charge on any atom is 0.329 e. The highest BCUT2D eigenvalue weighted by Crippen LogP contribution is 2.14. The number of sulfonamides is 1. The number of carboxylic acids is 1. The first-order valence-corrected chi connectivity index (χ1v) is 7.43. The van der Waals surface area contributed by atoms with Gasteiger partial charge in [0.2, 0.25) is 10.0 Å². The Hall–Kier alpha value is -1.35. The summed E-state index contributed by atoms with van der Waals surface area (Å²) in [5, 5.41) is 11.4. The highest BCUT2D eigenvalue weighted by molar-refractivity contribution is 7.89. The van der Waals surface area contributed by atoms with Gasteiger partial charge in [0, 0.05) is 13.1 Å². The lowest BCUT2D eigenvalue weighted by molar-refractivity contribution is -0.147. The number of nitrogens with one attached hydrogen (secondary N) is 2. The molecule has 0 aliphatic heterocycles. The highest BCUT2D eigenvalue weighted by Gasteiger charge is 2.36. The summed E-state index contributed by atoms with van der Waals surface area (Å²) in [5.74, 6) is -1.40. The number of amides is 2. The molecule has 19 heavy (non-hydrogen) atoms. The van der Waals surface area contributed by atoms with Gasteiger partial charge in [-0.15, -0.1) is 0 Å². The molecule has 0 rings (SSSR count). The lowest BCUT2D eigenvalue weighted by Crippen LogP contribution is -2.56. The lowest BCUT2D eigenvalue weighted by atomic mass is 10.0. The number of carboxylic acid groups (broad SMARTS) is 1. The number of hydrogen-bond acceptors (Lipinski definition) is 4. The fraction of sp³-hybridized carbons (Fsp3) is 0.800. The number of likely N-dealkylation sites (N-methyl/N-ethyl adjacent to an activating group) is 1. The zero-order valence-corrected chi connectivity index (χ0v) is 12.4. The number of urea groups is 1. The normalized spacial score (nSPS) is 12.0. The molecule has 0 bridgehead atoms. The fourth-order valence-electron chi connectivity index (χ4n) is 1.40. The van der Waals surface area contributed by atoms with E-state index in [0.717, 1.165) is 4.90 Å². The Labute approximate surface area is 113 Å². The van der Waals surface area contributed by atoms with Crippen LogP contribution in [0.15, 0.2) is 0 Å². The summed E-state index contributed by atoms with van der Waals surface area (Å²) in [6.45, 7) is 4.57. The van der Waals surface area contributed by atoms with E-state index < -0.39 is 27.6 Å². The van der Waals surface area contributed by atoms with Crippen molar-refractivity contribution >= 4 is 22.0 Å². The van der Waals surface area contributed by atoms with Gasteiger partial charge < -0.3 is 15.3 Å². The topological polar surface area (TPSA) is 116 Å². The molecule has 9 heteroatoms. The van der Waals surface area contributed by atoms with Gasteiger partial charge in [0.15, 0.2) is 0 Å². The minimum absolute atomic E-state index is 0.0891. The zero-order valence-electron chi connectivity index (χ0n) is 11.6. The van der Waals surface area contributed by atoms with Crippen molar-refractivity contribution in [2.24, 2.45) is 0 Å². The average molecular weight is 295 g/mol. The van der Waals surface area contributed by atoms with Crippen LogP contribution in [0.25, 0.3) is 0 Å². The number of carbonyl (C=O) groups is 2. The second-order valence-electron chi connectivity index (χ2n) is 4.36. The van der Waals surface area contributed by atoms with E-state index in [4.69, 9.17) is 5.11 Å². The van der Waals surface area contributed by atoms with Crippen LogP contribution in [-0.2, 0) is 14.8 Å². The Morgan fingerprint density at radius 3 is 2.21 bits per heavy atom. The van der Waals surface area contributed by atoms with Crippen molar-refractivity contribution in [2.45, 2.75) is 26.3 Å². The van der Waals surface area contributed by atoms with Crippen LogP contribution in [0, 0.1) is 0 Å². The SMILES string of the molecule is CCN(C(=O)NCCS(=O)(=O)NC)C(C)(C)C(=O)O. The van der Waals surface area contributed by atoms with Crippen LogP contribution in [0.5, 0.6) is 0 Å². The van der Waals surface area contributed by atoms with Gasteiger partial charge in [0.25, 0.3) is 0 Å². The van der Waals surface area contributed by atoms with Crippen LogP contribution in [0.4, 0.5) is 4.79 Å². The predicted octanol–water partition coefficient (Wildman–Crippen LogP) is -0.570. The van der Waals surface area contributed by atoms with Gasteiger partial charge in [0.05, 0.1) is 5.75 Å². The monoisotopic (exact) mass is 295 g/mol. The maximum absolute atomic E-state index is 11.8. The van der Waals surface area contributed by atoms with Crippen molar-refractivity contribution < 1.29 is 23.1 Å². The van der Waals surface area contributed by atoms with Crippen molar-refractivity contribution in [1.29, 1.82) is 0 Å². The molecule has 0 aliphatic rings. The van der Waals surface area contributed by atoms with Crippen LogP contribution in [-0.4, -0.2) is 61.9 Å². The summed E-state index contributed by atoms with van der Waals surface area (Å²) in [4.78, 5) is 24.0. The number of nitrogens with zero attached hydrogens (tertiary/aromatic N) is 1.